The third-order valence-corrected chi connectivity index (χ3v) is 2.11. The van der Waals surface area contributed by atoms with Crippen LogP contribution in [-0.2, 0) is 6.42 Å². The molecule has 0 spiro atoms. The molecule has 3 heteroatoms. The minimum atomic E-state index is 0.602. The zero-order valence-electron chi connectivity index (χ0n) is 8.72. The fourth-order valence-electron chi connectivity index (χ4n) is 1.31. The second kappa shape index (κ2) is 4.67. The van der Waals surface area contributed by atoms with E-state index in [0.717, 1.165) is 12.1 Å². The predicted molar refractivity (Wildman–Crippen MR) is 60.6 cm³/mol. The quantitative estimate of drug-likeness (QED) is 0.503. The highest BCUT2D eigenvalue weighted by atomic mass is 15.3. The Morgan fingerprint density at radius 3 is 2.79 bits per heavy atom. The van der Waals surface area contributed by atoms with Crippen LogP contribution in [0.25, 0.3) is 0 Å². The van der Waals surface area contributed by atoms with Crippen LogP contribution in [0.3, 0.4) is 0 Å². The van der Waals surface area contributed by atoms with E-state index in [9.17, 15) is 0 Å². The van der Waals surface area contributed by atoms with Gasteiger partial charge in [0.2, 0.25) is 0 Å². The molecule has 0 aliphatic rings. The van der Waals surface area contributed by atoms with Crippen molar-refractivity contribution in [3.05, 3.63) is 41.7 Å². The Labute approximate surface area is 85.0 Å². The van der Waals surface area contributed by atoms with Gasteiger partial charge in [-0.15, -0.1) is 0 Å². The van der Waals surface area contributed by atoms with Crippen LogP contribution in [-0.4, -0.2) is 0 Å². The monoisotopic (exact) mass is 191 g/mol. The summed E-state index contributed by atoms with van der Waals surface area (Å²) in [5.74, 6) is 5.84. The highest BCUT2D eigenvalue weighted by molar-refractivity contribution is 5.56. The molecule has 0 saturated heterocycles. The van der Waals surface area contributed by atoms with Gasteiger partial charge in [0.25, 0.3) is 0 Å². The fourth-order valence-corrected chi connectivity index (χ4v) is 1.31. The van der Waals surface area contributed by atoms with Crippen molar-refractivity contribution in [3.8, 4) is 0 Å². The molecule has 0 fully saturated rings. The summed E-state index contributed by atoms with van der Waals surface area (Å²) in [5.41, 5.74) is 6.02. The van der Waals surface area contributed by atoms with Crippen LogP contribution in [0.2, 0.25) is 0 Å². The third-order valence-electron chi connectivity index (χ3n) is 2.11. The number of aryl methyl sites for hydroxylation is 2. The first-order valence-electron chi connectivity index (χ1n) is 4.69. The van der Waals surface area contributed by atoms with Crippen LogP contribution in [0.4, 0.5) is 5.69 Å². The average Bonchev–Trinajstić information content (AvgIpc) is 2.18. The summed E-state index contributed by atoms with van der Waals surface area (Å²) < 4.78 is 0. The fraction of sp³-hybridized carbons (Fsp3) is 0.273. The summed E-state index contributed by atoms with van der Waals surface area (Å²) in [5, 5.41) is 3.12. The highest BCUT2D eigenvalue weighted by Crippen LogP contribution is 2.18. The Bertz CT molecular complexity index is 331. The second-order valence-corrected chi connectivity index (χ2v) is 3.26. The van der Waals surface area contributed by atoms with Gasteiger partial charge in [0.1, 0.15) is 5.82 Å². The predicted octanol–water partition coefficient (Wildman–Crippen LogP) is 1.90. The number of benzene rings is 1. The van der Waals surface area contributed by atoms with Crippen molar-refractivity contribution in [1.29, 1.82) is 0 Å². The molecule has 0 bridgehead atoms. The molecular formula is C11H17N3. The van der Waals surface area contributed by atoms with Crippen molar-refractivity contribution in [3.63, 3.8) is 0 Å². The van der Waals surface area contributed by atoms with Gasteiger partial charge in [-0.25, -0.2) is 5.84 Å². The maximum atomic E-state index is 5.24. The summed E-state index contributed by atoms with van der Waals surface area (Å²) in [6.45, 7) is 7.90. The molecule has 0 radical (unpaired) electrons. The van der Waals surface area contributed by atoms with Crippen LogP contribution in [0.1, 0.15) is 18.1 Å². The van der Waals surface area contributed by atoms with E-state index < -0.39 is 0 Å². The maximum absolute atomic E-state index is 5.24. The third kappa shape index (κ3) is 2.50. The zero-order chi connectivity index (χ0) is 10.6. The van der Waals surface area contributed by atoms with E-state index in [1.54, 1.807) is 0 Å². The van der Waals surface area contributed by atoms with E-state index in [2.05, 4.69) is 49.4 Å². The number of nitrogens with two attached hydrogens (primary N) is 1. The molecule has 1 aromatic carbocycles. The van der Waals surface area contributed by atoms with Crippen LogP contribution in [0, 0.1) is 6.92 Å². The molecule has 0 atom stereocenters. The molecule has 0 saturated carbocycles. The first-order chi connectivity index (χ1) is 6.67. The van der Waals surface area contributed by atoms with Crippen LogP contribution in [0.5, 0.6) is 0 Å². The molecule has 4 N–H and O–H groups in total. The van der Waals surface area contributed by atoms with E-state index in [4.69, 9.17) is 5.84 Å². The molecular weight excluding hydrogens is 174 g/mol. The standard InChI is InChI=1S/C11H17N3/c1-4-10-6-5-8(2)7-11(10)13-9(3)14-12/h5-7,13-14H,3-4,12H2,1-2H3. The number of hydrogen-bond acceptors (Lipinski definition) is 3. The van der Waals surface area contributed by atoms with Gasteiger partial charge in [0.05, 0.1) is 0 Å². The first-order valence-corrected chi connectivity index (χ1v) is 4.69. The zero-order valence-corrected chi connectivity index (χ0v) is 8.72. The van der Waals surface area contributed by atoms with E-state index >= 15 is 0 Å². The van der Waals surface area contributed by atoms with Crippen molar-refractivity contribution in [1.82, 2.24) is 5.43 Å². The Morgan fingerprint density at radius 1 is 1.50 bits per heavy atom. The van der Waals surface area contributed by atoms with E-state index in [1.807, 2.05) is 0 Å². The number of nitrogens with one attached hydrogen (secondary N) is 2. The summed E-state index contributed by atoms with van der Waals surface area (Å²) in [6, 6.07) is 6.30. The maximum Gasteiger partial charge on any atom is 0.110 e. The van der Waals surface area contributed by atoms with Crippen LogP contribution in [0.15, 0.2) is 30.6 Å². The van der Waals surface area contributed by atoms with Gasteiger partial charge >= 0.3 is 0 Å². The molecule has 0 aliphatic heterocycles. The molecule has 0 unspecified atom stereocenters. The number of hydrogen-bond donors (Lipinski definition) is 3. The first kappa shape index (κ1) is 10.6. The normalized spacial score (nSPS) is 9.64. The topological polar surface area (TPSA) is 50.1 Å². The van der Waals surface area contributed by atoms with E-state index in [0.29, 0.717) is 5.82 Å². The second-order valence-electron chi connectivity index (χ2n) is 3.26. The van der Waals surface area contributed by atoms with Gasteiger partial charge in [0, 0.05) is 5.69 Å². The lowest BCUT2D eigenvalue weighted by Gasteiger charge is -2.13. The van der Waals surface area contributed by atoms with Crippen molar-refractivity contribution >= 4 is 5.69 Å². The highest BCUT2D eigenvalue weighted by Gasteiger charge is 2.01. The smallest absolute Gasteiger partial charge is 0.110 e. The number of hydrazine groups is 1. The van der Waals surface area contributed by atoms with Crippen LogP contribution < -0.4 is 16.6 Å². The lowest BCUT2D eigenvalue weighted by Crippen LogP contribution is -2.25. The Hall–Kier alpha value is -1.48. The van der Waals surface area contributed by atoms with Crippen molar-refractivity contribution in [2.75, 3.05) is 5.32 Å². The molecule has 76 valence electrons. The van der Waals surface area contributed by atoms with Gasteiger partial charge in [-0.05, 0) is 30.5 Å². The Kier molecular flexibility index (Phi) is 3.54. The molecule has 1 aromatic rings. The van der Waals surface area contributed by atoms with Gasteiger partial charge in [0.15, 0.2) is 0 Å². The van der Waals surface area contributed by atoms with Crippen molar-refractivity contribution in [2.24, 2.45) is 5.84 Å². The van der Waals surface area contributed by atoms with Crippen molar-refractivity contribution < 1.29 is 0 Å². The van der Waals surface area contributed by atoms with Gasteiger partial charge in [-0.1, -0.05) is 25.6 Å². The summed E-state index contributed by atoms with van der Waals surface area (Å²) >= 11 is 0. The molecule has 0 aliphatic carbocycles. The SMILES string of the molecule is C=C(NN)Nc1cc(C)ccc1CC. The number of anilines is 1. The summed E-state index contributed by atoms with van der Waals surface area (Å²) in [6.07, 6.45) is 0.987. The largest absolute Gasteiger partial charge is 0.341 e. The lowest BCUT2D eigenvalue weighted by molar-refractivity contribution is 0.895. The number of rotatable bonds is 4. The molecule has 3 nitrogen and oxygen atoms in total. The van der Waals surface area contributed by atoms with Gasteiger partial charge in [-0.3, -0.25) is 0 Å². The van der Waals surface area contributed by atoms with E-state index in [-0.39, 0.29) is 0 Å². The van der Waals surface area contributed by atoms with Crippen molar-refractivity contribution in [2.45, 2.75) is 20.3 Å². The molecule has 14 heavy (non-hydrogen) atoms. The lowest BCUT2D eigenvalue weighted by atomic mass is 10.1. The Morgan fingerprint density at radius 2 is 2.21 bits per heavy atom. The van der Waals surface area contributed by atoms with Crippen LogP contribution >= 0.6 is 0 Å². The molecule has 0 aromatic heterocycles. The summed E-state index contributed by atoms with van der Waals surface area (Å²) in [7, 11) is 0. The minimum Gasteiger partial charge on any atom is -0.341 e. The Balaban J connectivity index is 2.93. The minimum absolute atomic E-state index is 0.602. The van der Waals surface area contributed by atoms with Gasteiger partial charge in [-0.2, -0.15) is 0 Å². The molecule has 1 rings (SSSR count). The molecule has 0 amide bonds. The molecule has 0 heterocycles. The van der Waals surface area contributed by atoms with E-state index in [1.165, 1.54) is 11.1 Å². The average molecular weight is 191 g/mol. The van der Waals surface area contributed by atoms with Gasteiger partial charge < -0.3 is 10.7 Å². The summed E-state index contributed by atoms with van der Waals surface area (Å²) in [4.78, 5) is 0.